The molecular formula is C11H15NO5S2. The molecule has 1 N–H and O–H groups in total. The molecule has 0 amide bonds. The number of aliphatic carboxylic acids is 1. The summed E-state index contributed by atoms with van der Waals surface area (Å²) in [6, 6.07) is 1.59. The molecule has 1 aromatic rings. The van der Waals surface area contributed by atoms with E-state index in [9.17, 15) is 13.2 Å². The predicted molar refractivity (Wildman–Crippen MR) is 69.9 cm³/mol. The van der Waals surface area contributed by atoms with E-state index in [2.05, 4.69) is 0 Å². The highest BCUT2D eigenvalue weighted by Crippen LogP contribution is 2.35. The molecule has 1 aliphatic rings. The fraction of sp³-hybridized carbons (Fsp3) is 0.545. The van der Waals surface area contributed by atoms with Crippen LogP contribution >= 0.6 is 11.3 Å². The molecule has 0 unspecified atom stereocenters. The molecule has 1 aromatic heterocycles. The summed E-state index contributed by atoms with van der Waals surface area (Å²) in [7, 11) is -2.26. The highest BCUT2D eigenvalue weighted by Gasteiger charge is 2.41. The number of nitrogens with zero attached hydrogens (tertiary/aromatic N) is 1. The van der Waals surface area contributed by atoms with E-state index in [1.165, 1.54) is 11.4 Å². The standard InChI is InChI=1S/C11H15NO5S2/c1-7-5-12(6-8(7)10(13)14)19(15,16)11-9(17-2)3-4-18-11/h3-4,7-8H,5-6H2,1-2H3,(H,13,14)/t7-,8-/m1/s1. The first kappa shape index (κ1) is 14.3. The van der Waals surface area contributed by atoms with Crippen LogP contribution in [0.4, 0.5) is 0 Å². The molecule has 0 saturated carbocycles. The van der Waals surface area contributed by atoms with Crippen molar-refractivity contribution in [2.75, 3.05) is 20.2 Å². The molecule has 0 aliphatic carbocycles. The van der Waals surface area contributed by atoms with Crippen molar-refractivity contribution in [2.24, 2.45) is 11.8 Å². The van der Waals surface area contributed by atoms with Gasteiger partial charge in [-0.05, 0) is 17.4 Å². The second-order valence-corrected chi connectivity index (χ2v) is 7.57. The maximum Gasteiger partial charge on any atom is 0.308 e. The monoisotopic (exact) mass is 305 g/mol. The lowest BCUT2D eigenvalue weighted by Gasteiger charge is -2.15. The van der Waals surface area contributed by atoms with E-state index in [4.69, 9.17) is 9.84 Å². The van der Waals surface area contributed by atoms with Crippen molar-refractivity contribution in [3.63, 3.8) is 0 Å². The first-order valence-electron chi connectivity index (χ1n) is 5.72. The maximum absolute atomic E-state index is 12.5. The smallest absolute Gasteiger partial charge is 0.308 e. The van der Waals surface area contributed by atoms with Gasteiger partial charge in [-0.25, -0.2) is 8.42 Å². The van der Waals surface area contributed by atoms with Gasteiger partial charge in [0.15, 0.2) is 4.21 Å². The van der Waals surface area contributed by atoms with Gasteiger partial charge in [-0.2, -0.15) is 4.31 Å². The highest BCUT2D eigenvalue weighted by atomic mass is 32.2. The Bertz CT molecular complexity index is 580. The highest BCUT2D eigenvalue weighted by molar-refractivity contribution is 7.91. The SMILES string of the molecule is COc1ccsc1S(=O)(=O)N1C[C@@H](C)[C@H](C(=O)O)C1. The fourth-order valence-electron chi connectivity index (χ4n) is 2.18. The molecule has 0 bridgehead atoms. The van der Waals surface area contributed by atoms with Gasteiger partial charge < -0.3 is 9.84 Å². The summed E-state index contributed by atoms with van der Waals surface area (Å²) in [6.45, 7) is 1.99. The van der Waals surface area contributed by atoms with E-state index in [-0.39, 0.29) is 23.2 Å². The molecule has 1 aliphatic heterocycles. The zero-order valence-corrected chi connectivity index (χ0v) is 12.2. The Balaban J connectivity index is 2.30. The Morgan fingerprint density at radius 1 is 1.53 bits per heavy atom. The molecule has 0 aromatic carbocycles. The van der Waals surface area contributed by atoms with Crippen LogP contribution in [0.3, 0.4) is 0 Å². The van der Waals surface area contributed by atoms with Gasteiger partial charge in [0.1, 0.15) is 5.75 Å². The molecule has 0 radical (unpaired) electrons. The lowest BCUT2D eigenvalue weighted by atomic mass is 9.99. The van der Waals surface area contributed by atoms with E-state index < -0.39 is 21.9 Å². The first-order chi connectivity index (χ1) is 8.87. The zero-order valence-electron chi connectivity index (χ0n) is 10.6. The fourth-order valence-corrected chi connectivity index (χ4v) is 5.16. The number of carboxylic acids is 1. The van der Waals surface area contributed by atoms with E-state index in [1.807, 2.05) is 0 Å². The third kappa shape index (κ3) is 2.47. The van der Waals surface area contributed by atoms with Gasteiger partial charge in [-0.3, -0.25) is 4.79 Å². The van der Waals surface area contributed by atoms with E-state index in [0.29, 0.717) is 5.75 Å². The van der Waals surface area contributed by atoms with Crippen LogP contribution < -0.4 is 4.74 Å². The van der Waals surface area contributed by atoms with Crippen LogP contribution in [0.2, 0.25) is 0 Å². The Morgan fingerprint density at radius 3 is 2.74 bits per heavy atom. The van der Waals surface area contributed by atoms with Crippen molar-refractivity contribution in [3.05, 3.63) is 11.4 Å². The van der Waals surface area contributed by atoms with Gasteiger partial charge in [0.25, 0.3) is 10.0 Å². The van der Waals surface area contributed by atoms with Gasteiger partial charge in [-0.1, -0.05) is 6.92 Å². The molecule has 2 heterocycles. The van der Waals surface area contributed by atoms with E-state index in [0.717, 1.165) is 11.3 Å². The summed E-state index contributed by atoms with van der Waals surface area (Å²) in [5, 5.41) is 10.7. The lowest BCUT2D eigenvalue weighted by molar-refractivity contribution is -0.142. The zero-order chi connectivity index (χ0) is 14.2. The lowest BCUT2D eigenvalue weighted by Crippen LogP contribution is -2.29. The van der Waals surface area contributed by atoms with Gasteiger partial charge in [0.05, 0.1) is 13.0 Å². The molecule has 2 atom stereocenters. The largest absolute Gasteiger partial charge is 0.494 e. The van der Waals surface area contributed by atoms with Gasteiger partial charge >= 0.3 is 5.97 Å². The summed E-state index contributed by atoms with van der Waals surface area (Å²) >= 11 is 1.08. The minimum absolute atomic E-state index is 0.0138. The maximum atomic E-state index is 12.5. The number of carbonyl (C=O) groups is 1. The quantitative estimate of drug-likeness (QED) is 0.900. The second kappa shape index (κ2) is 5.10. The molecule has 2 rings (SSSR count). The normalized spacial score (nSPS) is 24.5. The number of rotatable bonds is 4. The molecule has 0 spiro atoms. The summed E-state index contributed by atoms with van der Waals surface area (Å²) in [4.78, 5) is 11.1. The minimum Gasteiger partial charge on any atom is -0.494 e. The number of sulfonamides is 1. The van der Waals surface area contributed by atoms with Crippen LogP contribution in [0.1, 0.15) is 6.92 Å². The second-order valence-electron chi connectivity index (χ2n) is 4.52. The third-order valence-corrected chi connectivity index (χ3v) is 6.54. The van der Waals surface area contributed by atoms with E-state index in [1.54, 1.807) is 18.4 Å². The van der Waals surface area contributed by atoms with Crippen molar-refractivity contribution in [1.82, 2.24) is 4.31 Å². The van der Waals surface area contributed by atoms with Crippen LogP contribution in [0.15, 0.2) is 15.7 Å². The van der Waals surface area contributed by atoms with E-state index >= 15 is 0 Å². The number of thiophene rings is 1. The van der Waals surface area contributed by atoms with Crippen molar-refractivity contribution < 1.29 is 23.1 Å². The molecular weight excluding hydrogens is 290 g/mol. The van der Waals surface area contributed by atoms with Gasteiger partial charge in [-0.15, -0.1) is 11.3 Å². The van der Waals surface area contributed by atoms with Crippen LogP contribution in [0, 0.1) is 11.8 Å². The molecule has 8 heteroatoms. The number of carboxylic acid groups (broad SMARTS) is 1. The van der Waals surface area contributed by atoms with Crippen molar-refractivity contribution >= 4 is 27.3 Å². The molecule has 19 heavy (non-hydrogen) atoms. The Hall–Kier alpha value is -1.12. The average molecular weight is 305 g/mol. The van der Waals surface area contributed by atoms with Crippen molar-refractivity contribution in [2.45, 2.75) is 11.1 Å². The number of methoxy groups -OCH3 is 1. The van der Waals surface area contributed by atoms with Gasteiger partial charge in [0, 0.05) is 13.1 Å². The Morgan fingerprint density at radius 2 is 2.21 bits per heavy atom. The van der Waals surface area contributed by atoms with Gasteiger partial charge in [0.2, 0.25) is 0 Å². The molecule has 6 nitrogen and oxygen atoms in total. The summed E-state index contributed by atoms with van der Waals surface area (Å²) in [5.74, 6) is -1.50. The molecule has 106 valence electrons. The number of hydrogen-bond donors (Lipinski definition) is 1. The van der Waals surface area contributed by atoms with Crippen LogP contribution in [0.5, 0.6) is 5.75 Å². The van der Waals surface area contributed by atoms with Crippen molar-refractivity contribution in [3.8, 4) is 5.75 Å². The van der Waals surface area contributed by atoms with Crippen molar-refractivity contribution in [1.29, 1.82) is 0 Å². The summed E-state index contributed by atoms with van der Waals surface area (Å²) < 4.78 is 31.3. The minimum atomic E-state index is -3.67. The third-order valence-electron chi connectivity index (χ3n) is 3.29. The topological polar surface area (TPSA) is 83.9 Å². The Kier molecular flexibility index (Phi) is 3.84. The summed E-state index contributed by atoms with van der Waals surface area (Å²) in [6.07, 6.45) is 0. The van der Waals surface area contributed by atoms with Crippen LogP contribution in [-0.4, -0.2) is 44.0 Å². The molecule has 1 saturated heterocycles. The van der Waals surface area contributed by atoms with Crippen LogP contribution in [0.25, 0.3) is 0 Å². The first-order valence-corrected chi connectivity index (χ1v) is 8.04. The number of ether oxygens (including phenoxy) is 1. The average Bonchev–Trinajstić information content (AvgIpc) is 2.94. The van der Waals surface area contributed by atoms with Crippen LogP contribution in [-0.2, 0) is 14.8 Å². The number of hydrogen-bond acceptors (Lipinski definition) is 5. The predicted octanol–water partition coefficient (Wildman–Crippen LogP) is 1.10. The summed E-state index contributed by atoms with van der Waals surface area (Å²) in [5.41, 5.74) is 0. The molecule has 1 fully saturated rings. The Labute approximate surface area is 115 Å².